The van der Waals surface area contributed by atoms with Gasteiger partial charge >= 0.3 is 6.03 Å². The second kappa shape index (κ2) is 4.23. The summed E-state index contributed by atoms with van der Waals surface area (Å²) in [7, 11) is 0. The zero-order chi connectivity index (χ0) is 11.5. The molecule has 1 aliphatic heterocycles. The summed E-state index contributed by atoms with van der Waals surface area (Å²) in [5.74, 6) is 0. The van der Waals surface area contributed by atoms with E-state index >= 15 is 0 Å². The molecular formula is C12H13N3O. The Balaban J connectivity index is 2.18. The van der Waals surface area contributed by atoms with E-state index in [0.29, 0.717) is 6.54 Å². The number of carbonyl (C=O) groups excluding carboxylic acids is 1. The molecule has 2 amide bonds. The average molecular weight is 215 g/mol. The molecule has 0 spiro atoms. The molecule has 1 saturated heterocycles. The van der Waals surface area contributed by atoms with Crippen LogP contribution in [0, 0.1) is 18.3 Å². The van der Waals surface area contributed by atoms with Crippen molar-refractivity contribution in [3.05, 3.63) is 35.4 Å². The molecule has 0 radical (unpaired) electrons. The Morgan fingerprint density at radius 1 is 1.56 bits per heavy atom. The molecule has 0 aromatic heterocycles. The van der Waals surface area contributed by atoms with Crippen molar-refractivity contribution >= 4 is 6.03 Å². The van der Waals surface area contributed by atoms with E-state index < -0.39 is 0 Å². The van der Waals surface area contributed by atoms with Gasteiger partial charge in [0.05, 0.1) is 12.1 Å². The van der Waals surface area contributed by atoms with Crippen LogP contribution in [-0.2, 0) is 0 Å². The Morgan fingerprint density at radius 2 is 2.31 bits per heavy atom. The van der Waals surface area contributed by atoms with E-state index in [9.17, 15) is 4.79 Å². The SMILES string of the molecule is Cc1ccccc1C1CN(CC#N)C(=O)N1. The summed E-state index contributed by atoms with van der Waals surface area (Å²) in [5.41, 5.74) is 2.28. The van der Waals surface area contributed by atoms with Crippen LogP contribution in [-0.4, -0.2) is 24.0 Å². The Bertz CT molecular complexity index is 450. The molecule has 0 saturated carbocycles. The van der Waals surface area contributed by atoms with Crippen molar-refractivity contribution in [2.75, 3.05) is 13.1 Å². The van der Waals surface area contributed by atoms with Crippen LogP contribution in [0.15, 0.2) is 24.3 Å². The van der Waals surface area contributed by atoms with Crippen molar-refractivity contribution in [3.8, 4) is 6.07 Å². The number of rotatable bonds is 2. The van der Waals surface area contributed by atoms with Crippen molar-refractivity contribution < 1.29 is 4.79 Å². The molecule has 1 aromatic rings. The van der Waals surface area contributed by atoms with Crippen LogP contribution in [0.3, 0.4) is 0 Å². The van der Waals surface area contributed by atoms with Crippen LogP contribution in [0.1, 0.15) is 17.2 Å². The van der Waals surface area contributed by atoms with Gasteiger partial charge in [0.1, 0.15) is 6.54 Å². The fraction of sp³-hybridized carbons (Fsp3) is 0.333. The first-order chi connectivity index (χ1) is 7.72. The van der Waals surface area contributed by atoms with Crippen LogP contribution in [0.2, 0.25) is 0 Å². The molecule has 4 heteroatoms. The number of aryl methyl sites for hydroxylation is 1. The number of hydrogen-bond donors (Lipinski definition) is 1. The second-order valence-electron chi connectivity index (χ2n) is 3.90. The molecule has 16 heavy (non-hydrogen) atoms. The summed E-state index contributed by atoms with van der Waals surface area (Å²) in [6.45, 7) is 2.74. The van der Waals surface area contributed by atoms with Gasteiger partial charge in [-0.1, -0.05) is 24.3 Å². The minimum Gasteiger partial charge on any atom is -0.329 e. The quantitative estimate of drug-likeness (QED) is 0.761. The van der Waals surface area contributed by atoms with Crippen LogP contribution < -0.4 is 5.32 Å². The summed E-state index contributed by atoms with van der Waals surface area (Å²) in [6.07, 6.45) is 0. The predicted octanol–water partition coefficient (Wildman–Crippen LogP) is 1.58. The number of benzene rings is 1. The monoisotopic (exact) mass is 215 g/mol. The maximum Gasteiger partial charge on any atom is 0.318 e. The summed E-state index contributed by atoms with van der Waals surface area (Å²) in [4.78, 5) is 13.0. The third-order valence-corrected chi connectivity index (χ3v) is 2.81. The molecule has 0 aliphatic carbocycles. The van der Waals surface area contributed by atoms with Crippen LogP contribution in [0.4, 0.5) is 4.79 Å². The van der Waals surface area contributed by atoms with Gasteiger partial charge in [-0.25, -0.2) is 4.79 Å². The van der Waals surface area contributed by atoms with Crippen molar-refractivity contribution in [2.45, 2.75) is 13.0 Å². The third-order valence-electron chi connectivity index (χ3n) is 2.81. The first kappa shape index (κ1) is 10.5. The van der Waals surface area contributed by atoms with Crippen molar-refractivity contribution in [2.24, 2.45) is 0 Å². The zero-order valence-electron chi connectivity index (χ0n) is 9.10. The van der Waals surface area contributed by atoms with E-state index in [2.05, 4.69) is 5.32 Å². The molecule has 1 unspecified atom stereocenters. The first-order valence-electron chi connectivity index (χ1n) is 5.20. The van der Waals surface area contributed by atoms with Gasteiger partial charge < -0.3 is 10.2 Å². The number of amides is 2. The average Bonchev–Trinajstić information content (AvgIpc) is 2.61. The number of urea groups is 1. The number of nitrogens with zero attached hydrogens (tertiary/aromatic N) is 2. The van der Waals surface area contributed by atoms with E-state index in [0.717, 1.165) is 11.1 Å². The van der Waals surface area contributed by atoms with E-state index in [1.165, 1.54) is 4.90 Å². The Morgan fingerprint density at radius 3 is 3.00 bits per heavy atom. The van der Waals surface area contributed by atoms with Crippen molar-refractivity contribution in [1.29, 1.82) is 5.26 Å². The van der Waals surface area contributed by atoms with Crippen molar-refractivity contribution in [1.82, 2.24) is 10.2 Å². The van der Waals surface area contributed by atoms with Gasteiger partial charge in [0, 0.05) is 6.54 Å². The topological polar surface area (TPSA) is 56.1 Å². The lowest BCUT2D eigenvalue weighted by atomic mass is 10.0. The van der Waals surface area contributed by atoms with Crippen LogP contribution >= 0.6 is 0 Å². The Labute approximate surface area is 94.5 Å². The molecule has 1 fully saturated rings. The number of nitrogens with one attached hydrogen (secondary N) is 1. The van der Waals surface area contributed by atoms with E-state index in [1.807, 2.05) is 37.3 Å². The van der Waals surface area contributed by atoms with Gasteiger partial charge in [0.2, 0.25) is 0 Å². The highest BCUT2D eigenvalue weighted by Gasteiger charge is 2.29. The molecular weight excluding hydrogens is 202 g/mol. The van der Waals surface area contributed by atoms with E-state index in [4.69, 9.17) is 5.26 Å². The van der Waals surface area contributed by atoms with Gasteiger partial charge in [-0.15, -0.1) is 0 Å². The number of nitriles is 1. The summed E-state index contributed by atoms with van der Waals surface area (Å²) >= 11 is 0. The summed E-state index contributed by atoms with van der Waals surface area (Å²) in [6, 6.07) is 9.80. The van der Waals surface area contributed by atoms with Gasteiger partial charge in [-0.05, 0) is 18.1 Å². The third kappa shape index (κ3) is 1.84. The fourth-order valence-electron chi connectivity index (χ4n) is 1.96. The Hall–Kier alpha value is -2.02. The van der Waals surface area contributed by atoms with Gasteiger partial charge in [0.15, 0.2) is 0 Å². The lowest BCUT2D eigenvalue weighted by Crippen LogP contribution is -2.28. The maximum atomic E-state index is 11.5. The second-order valence-corrected chi connectivity index (χ2v) is 3.90. The molecule has 4 nitrogen and oxygen atoms in total. The first-order valence-corrected chi connectivity index (χ1v) is 5.20. The lowest BCUT2D eigenvalue weighted by Gasteiger charge is -2.12. The minimum atomic E-state index is -0.158. The van der Waals surface area contributed by atoms with Crippen LogP contribution in [0.25, 0.3) is 0 Å². The predicted molar refractivity (Wildman–Crippen MR) is 59.6 cm³/mol. The molecule has 1 heterocycles. The zero-order valence-corrected chi connectivity index (χ0v) is 9.10. The lowest BCUT2D eigenvalue weighted by molar-refractivity contribution is 0.222. The smallest absolute Gasteiger partial charge is 0.318 e. The van der Waals surface area contributed by atoms with Gasteiger partial charge in [0.25, 0.3) is 0 Å². The molecule has 1 N–H and O–H groups in total. The fourth-order valence-corrected chi connectivity index (χ4v) is 1.96. The Kier molecular flexibility index (Phi) is 2.78. The standard InChI is InChI=1S/C12H13N3O/c1-9-4-2-3-5-10(9)11-8-15(7-6-13)12(16)14-11/h2-5,11H,7-8H2,1H3,(H,14,16). The summed E-state index contributed by atoms with van der Waals surface area (Å²) < 4.78 is 0. The highest BCUT2D eigenvalue weighted by atomic mass is 16.2. The number of carbonyl (C=O) groups is 1. The molecule has 2 rings (SSSR count). The molecule has 1 atom stereocenters. The number of hydrogen-bond acceptors (Lipinski definition) is 2. The normalized spacial score (nSPS) is 19.4. The largest absolute Gasteiger partial charge is 0.329 e. The highest BCUT2D eigenvalue weighted by Crippen LogP contribution is 2.22. The maximum absolute atomic E-state index is 11.5. The molecule has 1 aromatic carbocycles. The van der Waals surface area contributed by atoms with Crippen LogP contribution in [0.5, 0.6) is 0 Å². The molecule has 0 bridgehead atoms. The highest BCUT2D eigenvalue weighted by molar-refractivity contribution is 5.77. The molecule has 1 aliphatic rings. The minimum absolute atomic E-state index is 0.00190. The van der Waals surface area contributed by atoms with Gasteiger partial charge in [-0.3, -0.25) is 0 Å². The summed E-state index contributed by atoms with van der Waals surface area (Å²) in [5, 5.41) is 11.5. The molecule has 82 valence electrons. The van der Waals surface area contributed by atoms with Gasteiger partial charge in [-0.2, -0.15) is 5.26 Å². The van der Waals surface area contributed by atoms with E-state index in [-0.39, 0.29) is 18.6 Å². The van der Waals surface area contributed by atoms with E-state index in [1.54, 1.807) is 0 Å². The van der Waals surface area contributed by atoms with Crippen molar-refractivity contribution in [3.63, 3.8) is 0 Å².